The van der Waals surface area contributed by atoms with E-state index in [0.717, 1.165) is 0 Å². The van der Waals surface area contributed by atoms with E-state index in [0.29, 0.717) is 39.3 Å². The zero-order valence-electron chi connectivity index (χ0n) is 14.3. The Hall–Kier alpha value is -2.04. The van der Waals surface area contributed by atoms with Crippen LogP contribution in [0.5, 0.6) is 0 Å². The zero-order chi connectivity index (χ0) is 19.0. The highest BCUT2D eigenvalue weighted by atomic mass is 16.4. The number of Topliss-reactive ketones (excluding diaryl/α,β-unsaturated/α-hetero) is 1. The summed E-state index contributed by atoms with van der Waals surface area (Å²) in [5.74, 6) is -3.38. The van der Waals surface area contributed by atoms with Crippen molar-refractivity contribution in [1.82, 2.24) is 14.7 Å². The molecule has 0 aromatic rings. The fraction of sp³-hybridized carbons (Fsp3) is 0.733. The molecule has 1 aliphatic rings. The highest BCUT2D eigenvalue weighted by molar-refractivity contribution is 5.84. The molecule has 25 heavy (non-hydrogen) atoms. The average molecular weight is 359 g/mol. The third-order valence-corrected chi connectivity index (χ3v) is 4.06. The fourth-order valence-electron chi connectivity index (χ4n) is 2.81. The quantitative estimate of drug-likeness (QED) is 0.469. The minimum absolute atomic E-state index is 0.146. The molecule has 142 valence electrons. The minimum atomic E-state index is -1.12. The third kappa shape index (κ3) is 8.05. The van der Waals surface area contributed by atoms with Crippen LogP contribution in [0.1, 0.15) is 13.3 Å². The van der Waals surface area contributed by atoms with Crippen molar-refractivity contribution in [3.05, 3.63) is 0 Å². The van der Waals surface area contributed by atoms with Gasteiger partial charge in [0, 0.05) is 45.7 Å². The van der Waals surface area contributed by atoms with Crippen LogP contribution < -0.4 is 0 Å². The second-order valence-corrected chi connectivity index (χ2v) is 6.14. The molecule has 3 N–H and O–H groups in total. The standard InChI is InChI=1S/C15H25N3O7/c1-11(19)8-12(15(24)25)18-6-4-16(9-13(20)21)2-3-17(5-7-18)10-14(22)23/h12H,2-10H2,1H3,(H,20,21)(H,22,23)(H,24,25). The van der Waals surface area contributed by atoms with Gasteiger partial charge in [0.25, 0.3) is 0 Å². The first kappa shape index (κ1) is 21.0. The smallest absolute Gasteiger partial charge is 0.321 e. The monoisotopic (exact) mass is 359 g/mol. The number of carbonyl (C=O) groups excluding carboxylic acids is 1. The molecule has 1 saturated heterocycles. The number of hydrogen-bond donors (Lipinski definition) is 3. The molecule has 0 bridgehead atoms. The lowest BCUT2D eigenvalue weighted by Crippen LogP contribution is -2.47. The first-order valence-corrected chi connectivity index (χ1v) is 8.03. The van der Waals surface area contributed by atoms with E-state index >= 15 is 0 Å². The van der Waals surface area contributed by atoms with Crippen molar-refractivity contribution in [3.63, 3.8) is 0 Å². The largest absolute Gasteiger partial charge is 0.480 e. The molecule has 1 heterocycles. The molecule has 0 spiro atoms. The van der Waals surface area contributed by atoms with E-state index in [9.17, 15) is 24.3 Å². The summed E-state index contributed by atoms with van der Waals surface area (Å²) in [4.78, 5) is 49.8. The summed E-state index contributed by atoms with van der Waals surface area (Å²) >= 11 is 0. The zero-order valence-corrected chi connectivity index (χ0v) is 14.3. The van der Waals surface area contributed by atoms with Crippen LogP contribution in [-0.2, 0) is 19.2 Å². The van der Waals surface area contributed by atoms with E-state index in [2.05, 4.69) is 0 Å². The number of ketones is 1. The van der Waals surface area contributed by atoms with Crippen molar-refractivity contribution in [2.75, 3.05) is 52.4 Å². The summed E-state index contributed by atoms with van der Waals surface area (Å²) < 4.78 is 0. The number of nitrogens with zero attached hydrogens (tertiary/aromatic N) is 3. The third-order valence-electron chi connectivity index (χ3n) is 4.06. The van der Waals surface area contributed by atoms with Crippen LogP contribution in [0.3, 0.4) is 0 Å². The van der Waals surface area contributed by atoms with Gasteiger partial charge in [0.2, 0.25) is 0 Å². The predicted molar refractivity (Wildman–Crippen MR) is 86.4 cm³/mol. The van der Waals surface area contributed by atoms with Gasteiger partial charge >= 0.3 is 17.9 Å². The Bertz CT molecular complexity index is 483. The van der Waals surface area contributed by atoms with E-state index in [4.69, 9.17) is 10.2 Å². The molecule has 0 amide bonds. The molecule has 1 atom stereocenters. The summed E-state index contributed by atoms with van der Waals surface area (Å²) in [5, 5.41) is 27.4. The van der Waals surface area contributed by atoms with Gasteiger partial charge in [0.1, 0.15) is 11.8 Å². The molecule has 1 fully saturated rings. The lowest BCUT2D eigenvalue weighted by molar-refractivity contribution is -0.146. The van der Waals surface area contributed by atoms with Crippen molar-refractivity contribution >= 4 is 23.7 Å². The summed E-state index contributed by atoms with van der Waals surface area (Å²) in [6.45, 7) is 2.88. The van der Waals surface area contributed by atoms with Crippen LogP contribution in [-0.4, -0.2) is 112 Å². The average Bonchev–Trinajstić information content (AvgIpc) is 2.56. The maximum Gasteiger partial charge on any atom is 0.321 e. The molecule has 1 aliphatic heterocycles. The van der Waals surface area contributed by atoms with Crippen molar-refractivity contribution in [2.45, 2.75) is 19.4 Å². The van der Waals surface area contributed by atoms with Gasteiger partial charge in [-0.15, -0.1) is 0 Å². The highest BCUT2D eigenvalue weighted by Gasteiger charge is 2.29. The minimum Gasteiger partial charge on any atom is -0.480 e. The number of aliphatic carboxylic acids is 3. The summed E-state index contributed by atoms with van der Waals surface area (Å²) in [6, 6.07) is -1.01. The Morgan fingerprint density at radius 2 is 1.20 bits per heavy atom. The second-order valence-electron chi connectivity index (χ2n) is 6.14. The van der Waals surface area contributed by atoms with E-state index in [1.807, 2.05) is 0 Å². The van der Waals surface area contributed by atoms with Gasteiger partial charge in [-0.2, -0.15) is 0 Å². The first-order chi connectivity index (χ1) is 11.7. The fourth-order valence-corrected chi connectivity index (χ4v) is 2.81. The molecule has 0 radical (unpaired) electrons. The lowest BCUT2D eigenvalue weighted by atomic mass is 10.1. The van der Waals surface area contributed by atoms with Gasteiger partial charge in [-0.05, 0) is 6.92 Å². The Morgan fingerprint density at radius 3 is 1.52 bits per heavy atom. The van der Waals surface area contributed by atoms with Crippen molar-refractivity contribution in [3.8, 4) is 0 Å². The van der Waals surface area contributed by atoms with Crippen molar-refractivity contribution in [2.24, 2.45) is 0 Å². The Balaban J connectivity index is 2.92. The van der Waals surface area contributed by atoms with Crippen LogP contribution in [0.2, 0.25) is 0 Å². The van der Waals surface area contributed by atoms with Crippen LogP contribution in [0.4, 0.5) is 0 Å². The number of carboxylic acid groups (broad SMARTS) is 3. The van der Waals surface area contributed by atoms with E-state index in [1.54, 1.807) is 14.7 Å². The molecule has 0 aliphatic carbocycles. The molecule has 0 aromatic heterocycles. The van der Waals surface area contributed by atoms with E-state index in [-0.39, 0.29) is 25.3 Å². The molecule has 10 nitrogen and oxygen atoms in total. The Kier molecular flexibility index (Phi) is 8.46. The van der Waals surface area contributed by atoms with E-state index in [1.165, 1.54) is 6.92 Å². The molecule has 0 saturated carbocycles. The SMILES string of the molecule is CC(=O)CC(C(=O)O)N1CCN(CC(=O)O)CCN(CC(=O)O)CC1. The summed E-state index contributed by atoms with van der Waals surface area (Å²) in [5.41, 5.74) is 0. The molecule has 0 aromatic carbocycles. The van der Waals surface area contributed by atoms with Gasteiger partial charge in [0.15, 0.2) is 0 Å². The van der Waals surface area contributed by atoms with Gasteiger partial charge < -0.3 is 15.3 Å². The van der Waals surface area contributed by atoms with Crippen molar-refractivity contribution < 1.29 is 34.5 Å². The Morgan fingerprint density at radius 1 is 0.800 bits per heavy atom. The maximum atomic E-state index is 11.5. The van der Waals surface area contributed by atoms with Crippen LogP contribution in [0, 0.1) is 0 Å². The van der Waals surface area contributed by atoms with Gasteiger partial charge in [-0.25, -0.2) is 0 Å². The van der Waals surface area contributed by atoms with Crippen LogP contribution in [0.25, 0.3) is 0 Å². The molecular formula is C15H25N3O7. The second kappa shape index (κ2) is 10.1. The predicted octanol–water partition coefficient (Wildman–Crippen LogP) is -1.49. The normalized spacial score (nSPS) is 19.4. The van der Waals surface area contributed by atoms with Gasteiger partial charge in [-0.3, -0.25) is 33.9 Å². The van der Waals surface area contributed by atoms with Crippen LogP contribution >= 0.6 is 0 Å². The molecule has 1 unspecified atom stereocenters. The first-order valence-electron chi connectivity index (χ1n) is 8.03. The summed E-state index contributed by atoms with van der Waals surface area (Å²) in [7, 11) is 0. The van der Waals surface area contributed by atoms with E-state index < -0.39 is 23.9 Å². The maximum absolute atomic E-state index is 11.5. The number of carbonyl (C=O) groups is 4. The summed E-state index contributed by atoms with van der Waals surface area (Å²) in [6.07, 6.45) is -0.146. The molecule has 1 rings (SSSR count). The van der Waals surface area contributed by atoms with Crippen LogP contribution in [0.15, 0.2) is 0 Å². The number of rotatable bonds is 8. The van der Waals surface area contributed by atoms with Gasteiger partial charge in [0.05, 0.1) is 13.1 Å². The highest BCUT2D eigenvalue weighted by Crippen LogP contribution is 2.09. The van der Waals surface area contributed by atoms with Crippen molar-refractivity contribution in [1.29, 1.82) is 0 Å². The lowest BCUT2D eigenvalue weighted by Gasteiger charge is -2.30. The molecule has 10 heteroatoms. The molecular weight excluding hydrogens is 334 g/mol. The topological polar surface area (TPSA) is 139 Å². The van der Waals surface area contributed by atoms with Gasteiger partial charge in [-0.1, -0.05) is 0 Å². The number of carboxylic acids is 3. The Labute approximate surface area is 145 Å². The number of hydrogen-bond acceptors (Lipinski definition) is 7.